The summed E-state index contributed by atoms with van der Waals surface area (Å²) in [5, 5.41) is 18.5. The maximum absolute atomic E-state index is 13.8. The van der Waals surface area contributed by atoms with Crippen LogP contribution in [0.25, 0.3) is 0 Å². The molecule has 0 aliphatic carbocycles. The molecule has 116 valence electrons. The van der Waals surface area contributed by atoms with Crippen LogP contribution < -0.4 is 4.72 Å². The molecule has 0 spiro atoms. The average molecular weight is 325 g/mol. The lowest BCUT2D eigenvalue weighted by Crippen LogP contribution is -2.16. The molecule has 0 atom stereocenters. The summed E-state index contributed by atoms with van der Waals surface area (Å²) in [6.07, 6.45) is 0. The lowest BCUT2D eigenvalue weighted by Gasteiger charge is -2.12. The molecule has 0 fully saturated rings. The summed E-state index contributed by atoms with van der Waals surface area (Å²) in [7, 11) is -4.26. The Balaban J connectivity index is 2.44. The molecule has 2 rings (SSSR count). The Morgan fingerprint density at radius 2 is 1.91 bits per heavy atom. The van der Waals surface area contributed by atoms with E-state index in [-0.39, 0.29) is 16.8 Å². The summed E-state index contributed by atoms with van der Waals surface area (Å²) in [4.78, 5) is 10.2. The fourth-order valence-corrected chi connectivity index (χ4v) is 3.28. The maximum atomic E-state index is 13.8. The van der Waals surface area contributed by atoms with Crippen molar-refractivity contribution in [2.45, 2.75) is 11.8 Å². The van der Waals surface area contributed by atoms with Crippen LogP contribution in [0.3, 0.4) is 0 Å². The summed E-state index contributed by atoms with van der Waals surface area (Å²) in [5.74, 6) is -2.76. The van der Waals surface area contributed by atoms with Gasteiger partial charge in [-0.3, -0.25) is 4.72 Å². The molecule has 0 saturated carbocycles. The number of anilines is 1. The summed E-state index contributed by atoms with van der Waals surface area (Å²) < 4.78 is 40.3. The third-order valence-electron chi connectivity index (χ3n) is 2.92. The molecule has 0 unspecified atom stereocenters. The molecule has 0 aliphatic rings. The number of aromatic hydroxyl groups is 1. The first kappa shape index (κ1) is 15.8. The van der Waals surface area contributed by atoms with E-state index < -0.39 is 32.5 Å². The van der Waals surface area contributed by atoms with Gasteiger partial charge in [0.15, 0.2) is 0 Å². The Morgan fingerprint density at radius 3 is 2.45 bits per heavy atom. The third-order valence-corrected chi connectivity index (χ3v) is 4.46. The van der Waals surface area contributed by atoms with E-state index in [2.05, 4.69) is 0 Å². The first-order valence-corrected chi connectivity index (χ1v) is 7.55. The minimum Gasteiger partial charge on any atom is -0.506 e. The zero-order chi connectivity index (χ0) is 16.5. The van der Waals surface area contributed by atoms with E-state index in [1.165, 1.54) is 19.1 Å². The second kappa shape index (κ2) is 5.64. The van der Waals surface area contributed by atoms with E-state index in [1.807, 2.05) is 4.72 Å². The molecule has 0 heterocycles. The van der Waals surface area contributed by atoms with Crippen LogP contribution in [0.1, 0.15) is 15.9 Å². The van der Waals surface area contributed by atoms with E-state index in [9.17, 15) is 22.7 Å². The zero-order valence-electron chi connectivity index (χ0n) is 11.4. The highest BCUT2D eigenvalue weighted by Gasteiger charge is 2.23. The molecule has 0 bridgehead atoms. The first-order valence-electron chi connectivity index (χ1n) is 6.06. The standard InChI is InChI=1S/C14H12FNO5S/c1-8-3-2-4-10(15)13(8)22(20,21)16-11-6-5-9(14(18)19)7-12(11)17/h2-7,16-17H,1H3,(H,18,19). The minimum atomic E-state index is -4.26. The molecule has 0 radical (unpaired) electrons. The fraction of sp³-hybridized carbons (Fsp3) is 0.0714. The van der Waals surface area contributed by atoms with E-state index in [0.29, 0.717) is 0 Å². The smallest absolute Gasteiger partial charge is 0.335 e. The lowest BCUT2D eigenvalue weighted by atomic mass is 10.2. The molecule has 0 aromatic heterocycles. The van der Waals surface area contributed by atoms with Crippen LogP contribution in [0.5, 0.6) is 5.75 Å². The normalized spacial score (nSPS) is 11.2. The van der Waals surface area contributed by atoms with Crippen molar-refractivity contribution < 1.29 is 27.8 Å². The predicted octanol–water partition coefficient (Wildman–Crippen LogP) is 2.34. The average Bonchev–Trinajstić information content (AvgIpc) is 2.40. The van der Waals surface area contributed by atoms with Crippen molar-refractivity contribution in [3.63, 3.8) is 0 Å². The van der Waals surface area contributed by atoms with Crippen LogP contribution in [0.4, 0.5) is 10.1 Å². The number of carbonyl (C=O) groups is 1. The zero-order valence-corrected chi connectivity index (χ0v) is 12.2. The van der Waals surface area contributed by atoms with Crippen molar-refractivity contribution >= 4 is 21.7 Å². The second-order valence-electron chi connectivity index (χ2n) is 4.53. The molecule has 2 aromatic rings. The summed E-state index contributed by atoms with van der Waals surface area (Å²) >= 11 is 0. The number of hydrogen-bond donors (Lipinski definition) is 3. The van der Waals surface area contributed by atoms with Crippen LogP contribution >= 0.6 is 0 Å². The Kier molecular flexibility index (Phi) is 4.05. The summed E-state index contributed by atoms with van der Waals surface area (Å²) in [5.41, 5.74) is -0.246. The molecular formula is C14H12FNO5S. The lowest BCUT2D eigenvalue weighted by molar-refractivity contribution is 0.0696. The van der Waals surface area contributed by atoms with E-state index in [1.54, 1.807) is 0 Å². The van der Waals surface area contributed by atoms with Crippen molar-refractivity contribution in [3.8, 4) is 5.75 Å². The molecule has 8 heteroatoms. The van der Waals surface area contributed by atoms with Crippen molar-refractivity contribution in [3.05, 3.63) is 53.3 Å². The van der Waals surface area contributed by atoms with Crippen molar-refractivity contribution in [2.24, 2.45) is 0 Å². The van der Waals surface area contributed by atoms with E-state index in [4.69, 9.17) is 5.11 Å². The molecule has 6 nitrogen and oxygen atoms in total. The third kappa shape index (κ3) is 3.01. The van der Waals surface area contributed by atoms with Gasteiger partial charge in [-0.1, -0.05) is 12.1 Å². The van der Waals surface area contributed by atoms with Gasteiger partial charge in [0.2, 0.25) is 0 Å². The van der Waals surface area contributed by atoms with Gasteiger partial charge in [-0.15, -0.1) is 0 Å². The number of phenolic OH excluding ortho intramolecular Hbond substituents is 1. The number of hydrogen-bond acceptors (Lipinski definition) is 4. The Hall–Kier alpha value is -2.61. The van der Waals surface area contributed by atoms with Crippen LogP contribution in [0.2, 0.25) is 0 Å². The highest BCUT2D eigenvalue weighted by molar-refractivity contribution is 7.92. The van der Waals surface area contributed by atoms with Crippen molar-refractivity contribution in [1.29, 1.82) is 0 Å². The molecule has 0 aliphatic heterocycles. The second-order valence-corrected chi connectivity index (χ2v) is 6.15. The van der Waals surface area contributed by atoms with Gasteiger partial charge in [0.05, 0.1) is 11.3 Å². The Labute approximate surface area is 125 Å². The van der Waals surface area contributed by atoms with Crippen molar-refractivity contribution in [1.82, 2.24) is 0 Å². The highest BCUT2D eigenvalue weighted by atomic mass is 32.2. The molecule has 22 heavy (non-hydrogen) atoms. The predicted molar refractivity (Wildman–Crippen MR) is 77.0 cm³/mol. The van der Waals surface area contributed by atoms with Gasteiger partial charge in [-0.25, -0.2) is 17.6 Å². The number of aromatic carboxylic acids is 1. The molecule has 3 N–H and O–H groups in total. The van der Waals surface area contributed by atoms with Crippen LogP contribution in [0, 0.1) is 12.7 Å². The van der Waals surface area contributed by atoms with E-state index in [0.717, 1.165) is 24.3 Å². The Bertz CT molecular complexity index is 828. The number of halogens is 1. The first-order chi connectivity index (χ1) is 10.2. The fourth-order valence-electron chi connectivity index (χ4n) is 1.90. The SMILES string of the molecule is Cc1cccc(F)c1S(=O)(=O)Nc1ccc(C(=O)O)cc1O. The van der Waals surface area contributed by atoms with Crippen LogP contribution in [-0.4, -0.2) is 24.6 Å². The number of carboxylic acid groups (broad SMARTS) is 1. The summed E-state index contributed by atoms with van der Waals surface area (Å²) in [6.45, 7) is 1.44. The molecule has 0 amide bonds. The number of nitrogens with one attached hydrogen (secondary N) is 1. The van der Waals surface area contributed by atoms with Gasteiger partial charge in [0.1, 0.15) is 16.5 Å². The largest absolute Gasteiger partial charge is 0.506 e. The summed E-state index contributed by atoms with van der Waals surface area (Å²) in [6, 6.07) is 6.93. The van der Waals surface area contributed by atoms with Gasteiger partial charge in [-0.2, -0.15) is 0 Å². The minimum absolute atomic E-state index is 0.203. The monoisotopic (exact) mass is 325 g/mol. The van der Waals surface area contributed by atoms with Crippen LogP contribution in [-0.2, 0) is 10.0 Å². The van der Waals surface area contributed by atoms with Gasteiger partial charge in [-0.05, 0) is 36.8 Å². The molecular weight excluding hydrogens is 313 g/mol. The number of phenols is 1. The van der Waals surface area contributed by atoms with Gasteiger partial charge in [0.25, 0.3) is 10.0 Å². The topological polar surface area (TPSA) is 104 Å². The van der Waals surface area contributed by atoms with E-state index >= 15 is 0 Å². The number of aryl methyl sites for hydroxylation is 1. The van der Waals surface area contributed by atoms with Gasteiger partial charge >= 0.3 is 5.97 Å². The number of rotatable bonds is 4. The molecule has 0 saturated heterocycles. The van der Waals surface area contributed by atoms with Crippen molar-refractivity contribution in [2.75, 3.05) is 4.72 Å². The highest BCUT2D eigenvalue weighted by Crippen LogP contribution is 2.28. The molecule has 2 aromatic carbocycles. The quantitative estimate of drug-likeness (QED) is 0.749. The van der Waals surface area contributed by atoms with Gasteiger partial charge < -0.3 is 10.2 Å². The number of benzene rings is 2. The number of carboxylic acids is 1. The van der Waals surface area contributed by atoms with Gasteiger partial charge in [0, 0.05) is 0 Å². The Morgan fingerprint density at radius 1 is 1.23 bits per heavy atom. The number of sulfonamides is 1. The maximum Gasteiger partial charge on any atom is 0.335 e. The van der Waals surface area contributed by atoms with Crippen LogP contribution in [0.15, 0.2) is 41.3 Å².